The van der Waals surface area contributed by atoms with Crippen LogP contribution in [-0.4, -0.2) is 10.9 Å². The molecule has 0 fully saturated rings. The van der Waals surface area contributed by atoms with Crippen molar-refractivity contribution in [2.45, 2.75) is 6.92 Å². The van der Waals surface area contributed by atoms with Gasteiger partial charge in [-0.3, -0.25) is 4.79 Å². The predicted octanol–water partition coefficient (Wildman–Crippen LogP) is 4.49. The van der Waals surface area contributed by atoms with Crippen molar-refractivity contribution in [2.75, 3.05) is 10.6 Å². The van der Waals surface area contributed by atoms with Crippen LogP contribution in [-0.2, 0) is 0 Å². The zero-order valence-electron chi connectivity index (χ0n) is 11.1. The molecule has 0 spiro atoms. The van der Waals surface area contributed by atoms with Gasteiger partial charge in [-0.05, 0) is 61.6 Å². The molecule has 3 nitrogen and oxygen atoms in total. The number of halogens is 2. The number of anilines is 2. The number of thiocarbonyl (C=S) groups is 1. The van der Waals surface area contributed by atoms with Crippen molar-refractivity contribution >= 4 is 46.1 Å². The molecule has 0 atom stereocenters. The normalized spacial score (nSPS) is 10.0. The maximum atomic E-state index is 12.9. The average Bonchev–Trinajstić information content (AvgIpc) is 2.42. The zero-order chi connectivity index (χ0) is 15.4. The number of benzene rings is 2. The van der Waals surface area contributed by atoms with Crippen LogP contribution in [0.25, 0.3) is 0 Å². The Morgan fingerprint density at radius 2 is 1.81 bits per heavy atom. The van der Waals surface area contributed by atoms with E-state index >= 15 is 0 Å². The Bertz CT molecular complexity index is 689. The molecule has 0 heterocycles. The van der Waals surface area contributed by atoms with Crippen molar-refractivity contribution in [3.05, 3.63) is 58.9 Å². The zero-order valence-corrected chi connectivity index (χ0v) is 12.7. The Morgan fingerprint density at radius 3 is 2.38 bits per heavy atom. The van der Waals surface area contributed by atoms with Gasteiger partial charge < -0.3 is 10.6 Å². The summed E-state index contributed by atoms with van der Waals surface area (Å²) in [7, 11) is 0. The minimum absolute atomic E-state index is 0.000320. The highest BCUT2D eigenvalue weighted by atomic mass is 35.5. The summed E-state index contributed by atoms with van der Waals surface area (Å²) in [5.41, 5.74) is 1.87. The molecule has 0 aliphatic rings. The van der Waals surface area contributed by atoms with Gasteiger partial charge >= 0.3 is 0 Å². The van der Waals surface area contributed by atoms with E-state index < -0.39 is 5.82 Å². The first-order valence-electron chi connectivity index (χ1n) is 6.10. The van der Waals surface area contributed by atoms with E-state index in [1.807, 2.05) is 0 Å². The van der Waals surface area contributed by atoms with Gasteiger partial charge in [-0.2, -0.15) is 0 Å². The van der Waals surface area contributed by atoms with Crippen molar-refractivity contribution in [1.82, 2.24) is 0 Å². The maximum Gasteiger partial charge on any atom is 0.175 e. The molecule has 0 aliphatic carbocycles. The number of ketones is 1. The van der Waals surface area contributed by atoms with Gasteiger partial charge in [-0.15, -0.1) is 0 Å². The number of rotatable bonds is 3. The van der Waals surface area contributed by atoms with Crippen LogP contribution in [0.4, 0.5) is 15.8 Å². The van der Waals surface area contributed by atoms with Crippen LogP contribution in [0, 0.1) is 5.82 Å². The fourth-order valence-electron chi connectivity index (χ4n) is 1.66. The van der Waals surface area contributed by atoms with Crippen molar-refractivity contribution in [3.63, 3.8) is 0 Å². The topological polar surface area (TPSA) is 41.1 Å². The third-order valence-electron chi connectivity index (χ3n) is 2.73. The molecule has 6 heteroatoms. The second kappa shape index (κ2) is 6.65. The van der Waals surface area contributed by atoms with Gasteiger partial charge in [0.25, 0.3) is 0 Å². The fraction of sp³-hybridized carbons (Fsp3) is 0.0667. The molecule has 2 rings (SSSR count). The molecule has 21 heavy (non-hydrogen) atoms. The van der Waals surface area contributed by atoms with E-state index in [2.05, 4.69) is 10.6 Å². The number of nitrogens with one attached hydrogen (secondary N) is 2. The van der Waals surface area contributed by atoms with Crippen molar-refractivity contribution in [2.24, 2.45) is 0 Å². The van der Waals surface area contributed by atoms with E-state index in [0.29, 0.717) is 16.4 Å². The molecule has 2 aromatic carbocycles. The van der Waals surface area contributed by atoms with Gasteiger partial charge in [0.15, 0.2) is 10.9 Å². The Labute approximate surface area is 132 Å². The molecular weight excluding hydrogens is 311 g/mol. The molecule has 0 radical (unpaired) electrons. The second-order valence-electron chi connectivity index (χ2n) is 4.34. The van der Waals surface area contributed by atoms with E-state index in [4.69, 9.17) is 23.8 Å². The summed E-state index contributed by atoms with van der Waals surface area (Å²) in [4.78, 5) is 11.2. The molecule has 108 valence electrons. The molecule has 0 bridgehead atoms. The Morgan fingerprint density at radius 1 is 1.14 bits per heavy atom. The first-order valence-corrected chi connectivity index (χ1v) is 6.88. The summed E-state index contributed by atoms with van der Waals surface area (Å²) >= 11 is 11.1. The van der Waals surface area contributed by atoms with Crippen molar-refractivity contribution < 1.29 is 9.18 Å². The van der Waals surface area contributed by atoms with Gasteiger partial charge in [0.05, 0.1) is 10.7 Å². The second-order valence-corrected chi connectivity index (χ2v) is 5.15. The number of carbonyl (C=O) groups is 1. The first-order chi connectivity index (χ1) is 9.95. The molecular formula is C15H12ClFN2OS. The molecule has 2 N–H and O–H groups in total. The van der Waals surface area contributed by atoms with E-state index in [1.165, 1.54) is 25.1 Å². The van der Waals surface area contributed by atoms with Crippen LogP contribution in [0.3, 0.4) is 0 Å². The van der Waals surface area contributed by atoms with Crippen molar-refractivity contribution in [1.29, 1.82) is 0 Å². The third kappa shape index (κ3) is 4.24. The largest absolute Gasteiger partial charge is 0.332 e. The van der Waals surface area contributed by atoms with E-state index in [1.54, 1.807) is 24.3 Å². The van der Waals surface area contributed by atoms with Gasteiger partial charge in [-0.25, -0.2) is 4.39 Å². The standard InChI is InChI=1S/C15H12ClFN2OS/c1-9(20)10-2-5-12(6-3-10)18-15(21)19-14-7-4-11(17)8-13(14)16/h2-8H,1H3,(H2,18,19,21). The van der Waals surface area contributed by atoms with Gasteiger partial charge in [0.2, 0.25) is 0 Å². The Hall–Kier alpha value is -1.98. The van der Waals surface area contributed by atoms with Crippen LogP contribution >= 0.6 is 23.8 Å². The summed E-state index contributed by atoms with van der Waals surface area (Å²) in [5, 5.41) is 6.39. The lowest BCUT2D eigenvalue weighted by molar-refractivity contribution is 0.101. The highest BCUT2D eigenvalue weighted by Crippen LogP contribution is 2.22. The van der Waals surface area contributed by atoms with Crippen LogP contribution in [0.1, 0.15) is 17.3 Å². The highest BCUT2D eigenvalue weighted by Gasteiger charge is 2.05. The fourth-order valence-corrected chi connectivity index (χ4v) is 2.11. The number of hydrogen-bond donors (Lipinski definition) is 2. The summed E-state index contributed by atoms with van der Waals surface area (Å²) < 4.78 is 12.9. The number of carbonyl (C=O) groups excluding carboxylic acids is 1. The highest BCUT2D eigenvalue weighted by molar-refractivity contribution is 7.80. The smallest absolute Gasteiger partial charge is 0.175 e. The Kier molecular flexibility index (Phi) is 4.88. The van der Waals surface area contributed by atoms with Crippen LogP contribution < -0.4 is 10.6 Å². The van der Waals surface area contributed by atoms with E-state index in [0.717, 1.165) is 5.69 Å². The minimum Gasteiger partial charge on any atom is -0.332 e. The molecule has 0 aromatic heterocycles. The van der Waals surface area contributed by atoms with Crippen molar-refractivity contribution in [3.8, 4) is 0 Å². The molecule has 2 aromatic rings. The first kappa shape index (κ1) is 15.4. The van der Waals surface area contributed by atoms with Crippen LogP contribution in [0.5, 0.6) is 0 Å². The number of hydrogen-bond acceptors (Lipinski definition) is 2. The summed E-state index contributed by atoms with van der Waals surface area (Å²) in [6, 6.07) is 10.9. The van der Waals surface area contributed by atoms with Crippen LogP contribution in [0.15, 0.2) is 42.5 Å². The number of Topliss-reactive ketones (excluding diaryl/α,β-unsaturated/α-hetero) is 1. The lowest BCUT2D eigenvalue weighted by Gasteiger charge is -2.12. The van der Waals surface area contributed by atoms with Gasteiger partial charge in [0.1, 0.15) is 5.82 Å². The molecule has 0 saturated carbocycles. The van der Waals surface area contributed by atoms with Gasteiger partial charge in [0, 0.05) is 11.3 Å². The predicted molar refractivity (Wildman–Crippen MR) is 87.7 cm³/mol. The average molecular weight is 323 g/mol. The maximum absolute atomic E-state index is 12.9. The van der Waals surface area contributed by atoms with E-state index in [9.17, 15) is 9.18 Å². The van der Waals surface area contributed by atoms with E-state index in [-0.39, 0.29) is 10.8 Å². The molecule has 0 aliphatic heterocycles. The molecule has 0 unspecified atom stereocenters. The molecule has 0 amide bonds. The SMILES string of the molecule is CC(=O)c1ccc(NC(=S)Nc2ccc(F)cc2Cl)cc1. The summed E-state index contributed by atoms with van der Waals surface area (Å²) in [5.74, 6) is -0.412. The van der Waals surface area contributed by atoms with Gasteiger partial charge in [-0.1, -0.05) is 11.6 Å². The Balaban J connectivity index is 2.02. The monoisotopic (exact) mass is 322 g/mol. The molecule has 0 saturated heterocycles. The van der Waals surface area contributed by atoms with Crippen LogP contribution in [0.2, 0.25) is 5.02 Å². The quantitative estimate of drug-likeness (QED) is 0.645. The minimum atomic E-state index is -0.413. The summed E-state index contributed by atoms with van der Waals surface area (Å²) in [6.07, 6.45) is 0. The summed E-state index contributed by atoms with van der Waals surface area (Å²) in [6.45, 7) is 1.51. The lowest BCUT2D eigenvalue weighted by Crippen LogP contribution is -2.19. The lowest BCUT2D eigenvalue weighted by atomic mass is 10.1. The third-order valence-corrected chi connectivity index (χ3v) is 3.25.